The van der Waals surface area contributed by atoms with Gasteiger partial charge in [-0.15, -0.1) is 0 Å². The van der Waals surface area contributed by atoms with Crippen LogP contribution in [-0.4, -0.2) is 18.5 Å². The van der Waals surface area contributed by atoms with Crippen molar-refractivity contribution in [3.8, 4) is 0 Å². The highest BCUT2D eigenvalue weighted by Crippen LogP contribution is 2.27. The number of rotatable bonds is 5. The van der Waals surface area contributed by atoms with Crippen LogP contribution in [-0.2, 0) is 10.2 Å². The maximum atomic E-state index is 12.1. The van der Waals surface area contributed by atoms with E-state index >= 15 is 0 Å². The molecule has 1 aromatic carbocycles. The van der Waals surface area contributed by atoms with Crippen LogP contribution >= 0.6 is 0 Å². The molecule has 1 amide bonds. The van der Waals surface area contributed by atoms with Crippen LogP contribution in [0.15, 0.2) is 24.3 Å². The van der Waals surface area contributed by atoms with Gasteiger partial charge in [0.05, 0.1) is 0 Å². The van der Waals surface area contributed by atoms with Gasteiger partial charge in [0.25, 0.3) is 0 Å². The average molecular weight is 288 g/mol. The van der Waals surface area contributed by atoms with Crippen LogP contribution < -0.4 is 11.1 Å². The molecule has 0 spiro atoms. The van der Waals surface area contributed by atoms with Crippen molar-refractivity contribution in [1.82, 2.24) is 5.32 Å². The molecular formula is C18H28N2O. The lowest BCUT2D eigenvalue weighted by Gasteiger charge is -2.26. The first kappa shape index (κ1) is 16.0. The predicted molar refractivity (Wildman–Crippen MR) is 87.1 cm³/mol. The fourth-order valence-electron chi connectivity index (χ4n) is 3.12. The highest BCUT2D eigenvalue weighted by molar-refractivity contribution is 5.76. The van der Waals surface area contributed by atoms with Gasteiger partial charge < -0.3 is 11.1 Å². The van der Waals surface area contributed by atoms with Crippen LogP contribution in [0.25, 0.3) is 0 Å². The minimum Gasteiger partial charge on any atom is -0.355 e. The standard InChI is InChI=1S/C18H28N2O/c1-13-6-4-8-15(10-13)18(2,3)12-20-17(21)11-14-7-5-9-16(14)19/h4,6,8,10,14,16H,5,7,9,11-12,19H2,1-3H3,(H,20,21)/t14-,16+/m0/s1. The number of benzene rings is 1. The Bertz CT molecular complexity index is 496. The Kier molecular flexibility index (Phi) is 5.04. The van der Waals surface area contributed by atoms with Crippen molar-refractivity contribution in [2.24, 2.45) is 11.7 Å². The lowest BCUT2D eigenvalue weighted by molar-refractivity contribution is -0.122. The number of amides is 1. The van der Waals surface area contributed by atoms with Crippen molar-refractivity contribution in [1.29, 1.82) is 0 Å². The molecule has 0 unspecified atom stereocenters. The topological polar surface area (TPSA) is 55.1 Å². The van der Waals surface area contributed by atoms with Crippen LogP contribution in [0.3, 0.4) is 0 Å². The Hall–Kier alpha value is -1.35. The number of hydrogen-bond acceptors (Lipinski definition) is 2. The zero-order chi connectivity index (χ0) is 15.5. The Morgan fingerprint density at radius 3 is 2.76 bits per heavy atom. The molecule has 1 fully saturated rings. The van der Waals surface area contributed by atoms with Gasteiger partial charge >= 0.3 is 0 Å². The van der Waals surface area contributed by atoms with E-state index in [0.717, 1.165) is 19.3 Å². The van der Waals surface area contributed by atoms with Gasteiger partial charge in [-0.05, 0) is 31.2 Å². The fraction of sp³-hybridized carbons (Fsp3) is 0.611. The van der Waals surface area contributed by atoms with Crippen LogP contribution in [0, 0.1) is 12.8 Å². The second kappa shape index (κ2) is 6.61. The van der Waals surface area contributed by atoms with E-state index in [1.54, 1.807) is 0 Å². The molecule has 21 heavy (non-hydrogen) atoms. The third kappa shape index (κ3) is 4.31. The Labute approximate surface area is 128 Å². The molecule has 116 valence electrons. The summed E-state index contributed by atoms with van der Waals surface area (Å²) >= 11 is 0. The fourth-order valence-corrected chi connectivity index (χ4v) is 3.12. The maximum absolute atomic E-state index is 12.1. The largest absolute Gasteiger partial charge is 0.355 e. The summed E-state index contributed by atoms with van der Waals surface area (Å²) in [6.07, 6.45) is 3.89. The lowest BCUT2D eigenvalue weighted by Crippen LogP contribution is -2.38. The molecule has 1 aliphatic rings. The van der Waals surface area contributed by atoms with Crippen molar-refractivity contribution in [2.45, 2.75) is 57.9 Å². The number of carbonyl (C=O) groups excluding carboxylic acids is 1. The summed E-state index contributed by atoms with van der Waals surface area (Å²) in [4.78, 5) is 12.1. The summed E-state index contributed by atoms with van der Waals surface area (Å²) in [5.41, 5.74) is 8.50. The quantitative estimate of drug-likeness (QED) is 0.875. The molecule has 0 radical (unpaired) electrons. The monoisotopic (exact) mass is 288 g/mol. The molecule has 3 heteroatoms. The van der Waals surface area contributed by atoms with Crippen molar-refractivity contribution < 1.29 is 4.79 Å². The summed E-state index contributed by atoms with van der Waals surface area (Å²) in [6.45, 7) is 7.10. The van der Waals surface area contributed by atoms with E-state index in [1.807, 2.05) is 0 Å². The van der Waals surface area contributed by atoms with Crippen molar-refractivity contribution in [3.05, 3.63) is 35.4 Å². The summed E-state index contributed by atoms with van der Waals surface area (Å²) in [5.74, 6) is 0.505. The number of nitrogens with two attached hydrogens (primary N) is 1. The van der Waals surface area contributed by atoms with E-state index in [4.69, 9.17) is 5.73 Å². The van der Waals surface area contributed by atoms with Crippen molar-refractivity contribution in [3.63, 3.8) is 0 Å². The number of nitrogens with one attached hydrogen (secondary N) is 1. The van der Waals surface area contributed by atoms with Crippen LogP contribution in [0.5, 0.6) is 0 Å². The van der Waals surface area contributed by atoms with Crippen LogP contribution in [0.1, 0.15) is 50.7 Å². The lowest BCUT2D eigenvalue weighted by atomic mass is 9.84. The van der Waals surface area contributed by atoms with Gasteiger partial charge in [-0.25, -0.2) is 0 Å². The summed E-state index contributed by atoms with van der Waals surface area (Å²) in [7, 11) is 0. The zero-order valence-electron chi connectivity index (χ0n) is 13.5. The van der Waals surface area contributed by atoms with Crippen molar-refractivity contribution in [2.75, 3.05) is 6.54 Å². The summed E-state index contributed by atoms with van der Waals surface area (Å²) < 4.78 is 0. The second-order valence-corrected chi connectivity index (χ2v) is 7.09. The maximum Gasteiger partial charge on any atom is 0.220 e. The van der Waals surface area contributed by atoms with Gasteiger partial charge in [0, 0.05) is 24.4 Å². The summed E-state index contributed by atoms with van der Waals surface area (Å²) in [6, 6.07) is 8.71. The molecule has 1 aliphatic carbocycles. The van der Waals surface area contributed by atoms with E-state index in [-0.39, 0.29) is 17.4 Å². The molecular weight excluding hydrogens is 260 g/mol. The Morgan fingerprint density at radius 2 is 2.14 bits per heavy atom. The molecule has 0 heterocycles. The van der Waals surface area contributed by atoms with Gasteiger partial charge in [-0.2, -0.15) is 0 Å². The molecule has 0 aromatic heterocycles. The van der Waals surface area contributed by atoms with Gasteiger partial charge in [-0.1, -0.05) is 50.1 Å². The van der Waals surface area contributed by atoms with E-state index in [0.29, 0.717) is 18.9 Å². The van der Waals surface area contributed by atoms with E-state index < -0.39 is 0 Å². The van der Waals surface area contributed by atoms with Crippen LogP contribution in [0.4, 0.5) is 0 Å². The van der Waals surface area contributed by atoms with Gasteiger partial charge in [0.2, 0.25) is 5.91 Å². The number of hydrogen-bond donors (Lipinski definition) is 2. The first-order valence-electron chi connectivity index (χ1n) is 7.98. The SMILES string of the molecule is Cc1cccc(C(C)(C)CNC(=O)C[C@@H]2CCC[C@H]2N)c1. The molecule has 1 saturated carbocycles. The van der Waals surface area contributed by atoms with E-state index in [2.05, 4.69) is 50.4 Å². The highest BCUT2D eigenvalue weighted by Gasteiger charge is 2.27. The minimum absolute atomic E-state index is 0.0561. The van der Waals surface area contributed by atoms with E-state index in [9.17, 15) is 4.79 Å². The minimum atomic E-state index is -0.0561. The third-order valence-electron chi connectivity index (χ3n) is 4.69. The number of aryl methyl sites for hydroxylation is 1. The number of carbonyl (C=O) groups is 1. The van der Waals surface area contributed by atoms with Crippen molar-refractivity contribution >= 4 is 5.91 Å². The van der Waals surface area contributed by atoms with Gasteiger partial charge in [0.1, 0.15) is 0 Å². The summed E-state index contributed by atoms with van der Waals surface area (Å²) in [5, 5.41) is 3.09. The second-order valence-electron chi connectivity index (χ2n) is 7.09. The van der Waals surface area contributed by atoms with Crippen LogP contribution in [0.2, 0.25) is 0 Å². The molecule has 0 saturated heterocycles. The molecule has 1 aromatic rings. The first-order valence-corrected chi connectivity index (χ1v) is 7.98. The average Bonchev–Trinajstić information content (AvgIpc) is 2.82. The third-order valence-corrected chi connectivity index (χ3v) is 4.69. The molecule has 3 nitrogen and oxygen atoms in total. The molecule has 3 N–H and O–H groups in total. The Balaban J connectivity index is 1.87. The smallest absolute Gasteiger partial charge is 0.220 e. The first-order chi connectivity index (χ1) is 9.88. The Morgan fingerprint density at radius 1 is 1.38 bits per heavy atom. The zero-order valence-corrected chi connectivity index (χ0v) is 13.5. The molecule has 2 atom stereocenters. The normalized spacial score (nSPS) is 22.3. The van der Waals surface area contributed by atoms with E-state index in [1.165, 1.54) is 11.1 Å². The van der Waals surface area contributed by atoms with Gasteiger partial charge in [-0.3, -0.25) is 4.79 Å². The highest BCUT2D eigenvalue weighted by atomic mass is 16.1. The van der Waals surface area contributed by atoms with Gasteiger partial charge in [0.15, 0.2) is 0 Å². The predicted octanol–water partition coefficient (Wildman–Crippen LogP) is 2.91. The molecule has 0 bridgehead atoms. The molecule has 0 aliphatic heterocycles. The molecule has 2 rings (SSSR count).